The summed E-state index contributed by atoms with van der Waals surface area (Å²) in [5.74, 6) is 0.810. The molecule has 0 saturated heterocycles. The molecule has 8 heteroatoms. The Balaban J connectivity index is 1.62. The summed E-state index contributed by atoms with van der Waals surface area (Å²) in [7, 11) is 0. The smallest absolute Gasteiger partial charge is 0.271 e. The molecule has 1 saturated carbocycles. The third kappa shape index (κ3) is 2.70. The van der Waals surface area contributed by atoms with Gasteiger partial charge >= 0.3 is 0 Å². The van der Waals surface area contributed by atoms with Crippen molar-refractivity contribution in [1.29, 1.82) is 0 Å². The number of amides is 1. The van der Waals surface area contributed by atoms with Gasteiger partial charge in [0.25, 0.3) is 5.91 Å². The van der Waals surface area contributed by atoms with Crippen LogP contribution in [0.2, 0.25) is 0 Å². The van der Waals surface area contributed by atoms with Crippen LogP contribution in [0.5, 0.6) is 0 Å². The number of nitrogens with zero attached hydrogens (tertiary/aromatic N) is 3. The van der Waals surface area contributed by atoms with E-state index >= 15 is 0 Å². The van der Waals surface area contributed by atoms with Crippen molar-refractivity contribution in [3.63, 3.8) is 0 Å². The summed E-state index contributed by atoms with van der Waals surface area (Å²) in [5.41, 5.74) is 7.21. The summed E-state index contributed by atoms with van der Waals surface area (Å²) < 4.78 is 10.8. The van der Waals surface area contributed by atoms with Crippen LogP contribution in [-0.4, -0.2) is 26.4 Å². The van der Waals surface area contributed by atoms with E-state index < -0.39 is 5.91 Å². The molecule has 1 aliphatic rings. The average Bonchev–Trinajstić information content (AvgIpc) is 3.22. The normalized spacial score (nSPS) is 19.6. The molecule has 0 atom stereocenters. The van der Waals surface area contributed by atoms with Crippen molar-refractivity contribution < 1.29 is 18.8 Å². The lowest BCUT2D eigenvalue weighted by atomic mass is 9.70. The van der Waals surface area contributed by atoms with E-state index in [2.05, 4.69) is 15.4 Å². The number of primary amides is 1. The van der Waals surface area contributed by atoms with Gasteiger partial charge in [-0.3, -0.25) is 4.79 Å². The molecule has 128 valence electrons. The number of hydrogen-bond donors (Lipinski definition) is 2. The molecule has 0 spiro atoms. The van der Waals surface area contributed by atoms with Crippen molar-refractivity contribution >= 4 is 5.91 Å². The van der Waals surface area contributed by atoms with Gasteiger partial charge in [-0.15, -0.1) is 10.2 Å². The SMILES string of the molecule is NC(=O)c1noc(-c2ccccc2)c1C1CC(c2nnc(CO)o2)C1. The number of aliphatic hydroxyl groups is 1. The number of aliphatic hydroxyl groups excluding tert-OH is 1. The number of carbonyl (C=O) groups excluding carboxylic acids is 1. The van der Waals surface area contributed by atoms with Crippen molar-refractivity contribution in [3.8, 4) is 11.3 Å². The van der Waals surface area contributed by atoms with E-state index in [1.165, 1.54) is 0 Å². The molecule has 25 heavy (non-hydrogen) atoms. The van der Waals surface area contributed by atoms with Gasteiger partial charge < -0.3 is 19.8 Å². The van der Waals surface area contributed by atoms with Gasteiger partial charge in [0.2, 0.25) is 11.8 Å². The lowest BCUT2D eigenvalue weighted by Gasteiger charge is -2.32. The zero-order valence-corrected chi connectivity index (χ0v) is 13.3. The van der Waals surface area contributed by atoms with Crippen molar-refractivity contribution in [2.24, 2.45) is 5.73 Å². The molecule has 0 aliphatic heterocycles. The molecule has 0 radical (unpaired) electrons. The van der Waals surface area contributed by atoms with Crippen LogP contribution in [0, 0.1) is 0 Å². The second kappa shape index (κ2) is 6.14. The first kappa shape index (κ1) is 15.5. The van der Waals surface area contributed by atoms with Gasteiger partial charge in [0.15, 0.2) is 11.5 Å². The fraction of sp³-hybridized carbons (Fsp3) is 0.294. The molecule has 1 aliphatic carbocycles. The molecule has 8 nitrogen and oxygen atoms in total. The van der Waals surface area contributed by atoms with Crippen LogP contribution in [0.25, 0.3) is 11.3 Å². The van der Waals surface area contributed by atoms with Crippen LogP contribution in [0.3, 0.4) is 0 Å². The Labute approximate surface area is 142 Å². The van der Waals surface area contributed by atoms with Crippen LogP contribution >= 0.6 is 0 Å². The first-order valence-corrected chi connectivity index (χ1v) is 7.95. The Morgan fingerprint density at radius 1 is 1.20 bits per heavy atom. The molecule has 3 aromatic rings. The highest BCUT2D eigenvalue weighted by Gasteiger charge is 2.40. The minimum absolute atomic E-state index is 0.0680. The molecule has 1 fully saturated rings. The molecule has 2 aromatic heterocycles. The Morgan fingerprint density at radius 2 is 1.96 bits per heavy atom. The van der Waals surface area contributed by atoms with E-state index in [0.29, 0.717) is 24.5 Å². The van der Waals surface area contributed by atoms with Crippen molar-refractivity contribution in [1.82, 2.24) is 15.4 Å². The van der Waals surface area contributed by atoms with Gasteiger partial charge in [-0.05, 0) is 18.8 Å². The minimum atomic E-state index is -0.607. The Kier molecular flexibility index (Phi) is 3.81. The molecule has 1 amide bonds. The minimum Gasteiger partial charge on any atom is -0.422 e. The topological polar surface area (TPSA) is 128 Å². The van der Waals surface area contributed by atoms with Crippen LogP contribution in [0.4, 0.5) is 0 Å². The van der Waals surface area contributed by atoms with Crippen molar-refractivity contribution in [2.75, 3.05) is 0 Å². The third-order valence-electron chi connectivity index (χ3n) is 4.51. The van der Waals surface area contributed by atoms with Gasteiger partial charge in [-0.2, -0.15) is 0 Å². The summed E-state index contributed by atoms with van der Waals surface area (Å²) in [6, 6.07) is 9.49. The second-order valence-electron chi connectivity index (χ2n) is 6.06. The van der Waals surface area contributed by atoms with Gasteiger partial charge in [-0.25, -0.2) is 0 Å². The quantitative estimate of drug-likeness (QED) is 0.726. The highest BCUT2D eigenvalue weighted by atomic mass is 16.5. The molecule has 0 bridgehead atoms. The fourth-order valence-electron chi connectivity index (χ4n) is 3.20. The van der Waals surface area contributed by atoms with Crippen LogP contribution in [0.1, 0.15) is 52.5 Å². The van der Waals surface area contributed by atoms with E-state index in [0.717, 1.165) is 11.1 Å². The van der Waals surface area contributed by atoms with E-state index in [1.54, 1.807) is 0 Å². The highest BCUT2D eigenvalue weighted by Crippen LogP contribution is 2.50. The Hall–Kier alpha value is -3.00. The third-order valence-corrected chi connectivity index (χ3v) is 4.51. The Bertz CT molecular complexity index is 897. The van der Waals surface area contributed by atoms with Gasteiger partial charge in [0.05, 0.1) is 0 Å². The lowest BCUT2D eigenvalue weighted by Crippen LogP contribution is -2.24. The van der Waals surface area contributed by atoms with Gasteiger partial charge in [0.1, 0.15) is 6.61 Å². The first-order chi connectivity index (χ1) is 12.2. The summed E-state index contributed by atoms with van der Waals surface area (Å²) in [5, 5.41) is 20.6. The number of aromatic nitrogens is 3. The first-order valence-electron chi connectivity index (χ1n) is 7.95. The number of benzene rings is 1. The zero-order chi connectivity index (χ0) is 17.4. The van der Waals surface area contributed by atoms with Crippen molar-refractivity contribution in [2.45, 2.75) is 31.3 Å². The van der Waals surface area contributed by atoms with E-state index in [1.807, 2.05) is 30.3 Å². The van der Waals surface area contributed by atoms with Gasteiger partial charge in [0, 0.05) is 17.0 Å². The molecule has 4 rings (SSSR count). The molecule has 0 unspecified atom stereocenters. The number of rotatable bonds is 5. The summed E-state index contributed by atoms with van der Waals surface area (Å²) in [6.07, 6.45) is 1.43. The average molecular weight is 340 g/mol. The Morgan fingerprint density at radius 3 is 2.60 bits per heavy atom. The molecular formula is C17H16N4O4. The van der Waals surface area contributed by atoms with E-state index in [4.69, 9.17) is 19.8 Å². The van der Waals surface area contributed by atoms with Crippen molar-refractivity contribution in [3.05, 3.63) is 53.4 Å². The summed E-state index contributed by atoms with van der Waals surface area (Å²) in [4.78, 5) is 11.7. The van der Waals surface area contributed by atoms with Crippen LogP contribution < -0.4 is 5.73 Å². The lowest BCUT2D eigenvalue weighted by molar-refractivity contribution is 0.0989. The highest BCUT2D eigenvalue weighted by molar-refractivity contribution is 5.94. The maximum absolute atomic E-state index is 11.7. The fourth-order valence-corrected chi connectivity index (χ4v) is 3.20. The molecule has 1 aromatic carbocycles. The predicted octanol–water partition coefficient (Wildman–Crippen LogP) is 1.98. The predicted molar refractivity (Wildman–Crippen MR) is 85.4 cm³/mol. The van der Waals surface area contributed by atoms with E-state index in [9.17, 15) is 4.79 Å². The molecular weight excluding hydrogens is 324 g/mol. The standard InChI is InChI=1S/C17H16N4O4/c18-16(23)14-13(15(25-21-14)9-4-2-1-3-5-9)10-6-11(7-10)17-20-19-12(8-22)24-17/h1-5,10-11,22H,6-8H2,(H2,18,23). The largest absolute Gasteiger partial charge is 0.422 e. The van der Waals surface area contributed by atoms with E-state index in [-0.39, 0.29) is 30.0 Å². The molecule has 3 N–H and O–H groups in total. The number of hydrogen-bond acceptors (Lipinski definition) is 7. The number of nitrogens with two attached hydrogens (primary N) is 1. The monoisotopic (exact) mass is 340 g/mol. The molecule has 2 heterocycles. The van der Waals surface area contributed by atoms with Crippen LogP contribution in [0.15, 0.2) is 39.3 Å². The zero-order valence-electron chi connectivity index (χ0n) is 13.3. The van der Waals surface area contributed by atoms with Crippen LogP contribution in [-0.2, 0) is 6.61 Å². The second-order valence-corrected chi connectivity index (χ2v) is 6.06. The maximum atomic E-state index is 11.7. The summed E-state index contributed by atoms with van der Waals surface area (Å²) in [6.45, 7) is -0.279. The number of carbonyl (C=O) groups is 1. The maximum Gasteiger partial charge on any atom is 0.271 e. The summed E-state index contributed by atoms with van der Waals surface area (Å²) >= 11 is 0. The van der Waals surface area contributed by atoms with Gasteiger partial charge in [-0.1, -0.05) is 35.5 Å².